The van der Waals surface area contributed by atoms with E-state index in [0.29, 0.717) is 24.4 Å². The van der Waals surface area contributed by atoms with Gasteiger partial charge in [-0.1, -0.05) is 24.3 Å². The first kappa shape index (κ1) is 20.7. The fourth-order valence-electron chi connectivity index (χ4n) is 4.07. The van der Waals surface area contributed by atoms with E-state index in [2.05, 4.69) is 11.4 Å². The van der Waals surface area contributed by atoms with Gasteiger partial charge >= 0.3 is 0 Å². The number of para-hydroxylation sites is 2. The smallest absolute Gasteiger partial charge is 0.265 e. The number of hydrogen-bond donors (Lipinski definition) is 1. The molecule has 31 heavy (non-hydrogen) atoms. The van der Waals surface area contributed by atoms with Crippen LogP contribution in [0.1, 0.15) is 24.8 Å². The van der Waals surface area contributed by atoms with E-state index < -0.39 is 6.10 Å². The van der Waals surface area contributed by atoms with Crippen LogP contribution in [0, 0.1) is 11.3 Å². The highest BCUT2D eigenvalue weighted by Gasteiger charge is 2.34. The lowest BCUT2D eigenvalue weighted by Gasteiger charge is -2.38. The Hall–Kier alpha value is -3.53. The van der Waals surface area contributed by atoms with E-state index in [0.717, 1.165) is 43.6 Å². The SMILES string of the molecule is N#CCc1ccc(NC(=O)CN2C[C@@H](C(=O)N3CCCCC3)Oc3ccccc32)cc1. The van der Waals surface area contributed by atoms with Crippen LogP contribution in [0.4, 0.5) is 11.4 Å². The Bertz CT molecular complexity index is 977. The maximum atomic E-state index is 13.0. The zero-order valence-corrected chi connectivity index (χ0v) is 17.4. The minimum Gasteiger partial charge on any atom is -0.477 e. The summed E-state index contributed by atoms with van der Waals surface area (Å²) in [6, 6.07) is 16.9. The van der Waals surface area contributed by atoms with Gasteiger partial charge < -0.3 is 19.9 Å². The number of nitrogens with zero attached hydrogens (tertiary/aromatic N) is 3. The third-order valence-electron chi connectivity index (χ3n) is 5.66. The largest absolute Gasteiger partial charge is 0.477 e. The Morgan fingerprint density at radius 2 is 1.81 bits per heavy atom. The predicted octanol–water partition coefficient (Wildman–Crippen LogP) is 2.97. The molecule has 7 nitrogen and oxygen atoms in total. The Kier molecular flexibility index (Phi) is 6.37. The van der Waals surface area contributed by atoms with Crippen LogP contribution in [-0.4, -0.2) is 49.0 Å². The molecular formula is C24H26N4O3. The number of fused-ring (bicyclic) bond motifs is 1. The van der Waals surface area contributed by atoms with E-state index in [9.17, 15) is 9.59 Å². The summed E-state index contributed by atoms with van der Waals surface area (Å²) in [5, 5.41) is 11.7. The maximum absolute atomic E-state index is 13.0. The molecule has 7 heteroatoms. The molecule has 4 rings (SSSR count). The number of likely N-dealkylation sites (tertiary alicyclic amines) is 1. The van der Waals surface area contributed by atoms with Crippen LogP contribution < -0.4 is 15.0 Å². The van der Waals surface area contributed by atoms with Crippen molar-refractivity contribution in [2.75, 3.05) is 36.4 Å². The number of piperidine rings is 1. The molecule has 2 aromatic carbocycles. The molecule has 1 fully saturated rings. The normalized spacial score (nSPS) is 17.8. The van der Waals surface area contributed by atoms with Crippen molar-refractivity contribution < 1.29 is 14.3 Å². The van der Waals surface area contributed by atoms with Crippen molar-refractivity contribution in [2.24, 2.45) is 0 Å². The Labute approximate surface area is 182 Å². The Morgan fingerprint density at radius 1 is 1.06 bits per heavy atom. The van der Waals surface area contributed by atoms with Crippen LogP contribution in [0.25, 0.3) is 0 Å². The van der Waals surface area contributed by atoms with Crippen LogP contribution >= 0.6 is 0 Å². The van der Waals surface area contributed by atoms with Crippen molar-refractivity contribution in [3.8, 4) is 11.8 Å². The van der Waals surface area contributed by atoms with Crippen molar-refractivity contribution in [3.63, 3.8) is 0 Å². The molecule has 1 atom stereocenters. The maximum Gasteiger partial charge on any atom is 0.265 e. The van der Waals surface area contributed by atoms with E-state index in [4.69, 9.17) is 10.00 Å². The molecule has 2 aliphatic heterocycles. The van der Waals surface area contributed by atoms with Crippen LogP contribution in [0.3, 0.4) is 0 Å². The average Bonchev–Trinajstić information content (AvgIpc) is 2.80. The van der Waals surface area contributed by atoms with E-state index >= 15 is 0 Å². The monoisotopic (exact) mass is 418 g/mol. The lowest BCUT2D eigenvalue weighted by Crippen LogP contribution is -2.52. The molecule has 2 amide bonds. The van der Waals surface area contributed by atoms with Gasteiger partial charge in [-0.15, -0.1) is 0 Å². The van der Waals surface area contributed by atoms with E-state index in [-0.39, 0.29) is 18.4 Å². The van der Waals surface area contributed by atoms with Gasteiger partial charge in [0.1, 0.15) is 5.75 Å². The lowest BCUT2D eigenvalue weighted by atomic mass is 10.1. The van der Waals surface area contributed by atoms with Crippen LogP contribution in [0.5, 0.6) is 5.75 Å². The van der Waals surface area contributed by atoms with Crippen molar-refractivity contribution in [1.29, 1.82) is 5.26 Å². The fourth-order valence-corrected chi connectivity index (χ4v) is 4.07. The molecule has 1 saturated heterocycles. The summed E-state index contributed by atoms with van der Waals surface area (Å²) in [6.07, 6.45) is 2.92. The van der Waals surface area contributed by atoms with Gasteiger partial charge in [-0.2, -0.15) is 5.26 Å². The third kappa shape index (κ3) is 4.97. The number of ether oxygens (including phenoxy) is 1. The summed E-state index contributed by atoms with van der Waals surface area (Å²) in [7, 11) is 0. The van der Waals surface area contributed by atoms with Crippen molar-refractivity contribution in [3.05, 3.63) is 54.1 Å². The number of rotatable bonds is 5. The zero-order valence-electron chi connectivity index (χ0n) is 17.4. The first-order valence-corrected chi connectivity index (χ1v) is 10.7. The molecule has 2 aromatic rings. The minimum absolute atomic E-state index is 0.00677. The number of anilines is 2. The summed E-state index contributed by atoms with van der Waals surface area (Å²) in [5.74, 6) is 0.444. The van der Waals surface area contributed by atoms with Crippen LogP contribution in [0.2, 0.25) is 0 Å². The lowest BCUT2D eigenvalue weighted by molar-refractivity contribution is -0.139. The van der Waals surface area contributed by atoms with Gasteiger partial charge in [0.2, 0.25) is 5.91 Å². The third-order valence-corrected chi connectivity index (χ3v) is 5.66. The summed E-state index contributed by atoms with van der Waals surface area (Å²) in [6.45, 7) is 1.98. The quantitative estimate of drug-likeness (QED) is 0.807. The molecule has 0 spiro atoms. The highest BCUT2D eigenvalue weighted by atomic mass is 16.5. The van der Waals surface area contributed by atoms with Crippen molar-refractivity contribution >= 4 is 23.2 Å². The van der Waals surface area contributed by atoms with Crippen LogP contribution in [0.15, 0.2) is 48.5 Å². The molecule has 0 bridgehead atoms. The molecule has 1 N–H and O–H groups in total. The molecule has 0 radical (unpaired) electrons. The van der Waals surface area contributed by atoms with Gasteiger partial charge in [-0.25, -0.2) is 0 Å². The summed E-state index contributed by atoms with van der Waals surface area (Å²) in [4.78, 5) is 29.5. The molecule has 2 heterocycles. The number of carbonyl (C=O) groups excluding carboxylic acids is 2. The average molecular weight is 418 g/mol. The van der Waals surface area contributed by atoms with E-state index in [1.165, 1.54) is 0 Å². The summed E-state index contributed by atoms with van der Waals surface area (Å²) in [5.41, 5.74) is 2.39. The predicted molar refractivity (Wildman–Crippen MR) is 118 cm³/mol. The molecule has 160 valence electrons. The van der Waals surface area contributed by atoms with E-state index in [1.54, 1.807) is 12.1 Å². The van der Waals surface area contributed by atoms with Gasteiger partial charge in [0.05, 0.1) is 31.3 Å². The second-order valence-electron chi connectivity index (χ2n) is 7.92. The topological polar surface area (TPSA) is 85.7 Å². The van der Waals surface area contributed by atoms with Gasteiger partial charge in [-0.3, -0.25) is 9.59 Å². The number of benzene rings is 2. The number of nitriles is 1. The second-order valence-corrected chi connectivity index (χ2v) is 7.92. The highest BCUT2D eigenvalue weighted by Crippen LogP contribution is 2.33. The molecule has 0 aromatic heterocycles. The Morgan fingerprint density at radius 3 is 2.55 bits per heavy atom. The number of amides is 2. The Balaban J connectivity index is 1.45. The van der Waals surface area contributed by atoms with Crippen molar-refractivity contribution in [2.45, 2.75) is 31.8 Å². The first-order chi connectivity index (χ1) is 15.1. The number of carbonyl (C=O) groups is 2. The van der Waals surface area contributed by atoms with Gasteiger partial charge in [0.15, 0.2) is 6.10 Å². The first-order valence-electron chi connectivity index (χ1n) is 10.7. The second kappa shape index (κ2) is 9.52. The molecular weight excluding hydrogens is 392 g/mol. The minimum atomic E-state index is -0.619. The highest BCUT2D eigenvalue weighted by molar-refractivity contribution is 5.95. The molecule has 0 unspecified atom stereocenters. The van der Waals surface area contributed by atoms with Gasteiger partial charge in [0, 0.05) is 18.8 Å². The number of hydrogen-bond acceptors (Lipinski definition) is 5. The number of nitrogens with one attached hydrogen (secondary N) is 1. The molecule has 0 saturated carbocycles. The van der Waals surface area contributed by atoms with Gasteiger partial charge in [-0.05, 0) is 49.1 Å². The fraction of sp³-hybridized carbons (Fsp3) is 0.375. The molecule has 0 aliphatic carbocycles. The van der Waals surface area contributed by atoms with Crippen LogP contribution in [-0.2, 0) is 16.0 Å². The van der Waals surface area contributed by atoms with Crippen molar-refractivity contribution in [1.82, 2.24) is 4.90 Å². The summed E-state index contributed by atoms with van der Waals surface area (Å²) < 4.78 is 6.02. The molecule has 2 aliphatic rings. The van der Waals surface area contributed by atoms with Gasteiger partial charge in [0.25, 0.3) is 5.91 Å². The zero-order chi connectivity index (χ0) is 21.6. The standard InChI is InChI=1S/C24H26N4O3/c25-13-12-18-8-10-19(11-9-18)26-23(29)17-28-16-22(24(30)27-14-4-1-5-15-27)31-21-7-3-2-6-20(21)28/h2-3,6-11,22H,1,4-5,12,14-17H2,(H,26,29)/t22-/m0/s1. The summed E-state index contributed by atoms with van der Waals surface area (Å²) >= 11 is 0. The van der Waals surface area contributed by atoms with E-state index in [1.807, 2.05) is 46.2 Å².